The van der Waals surface area contributed by atoms with Crippen LogP contribution in [0, 0.1) is 12.8 Å². The van der Waals surface area contributed by atoms with Crippen LogP contribution in [0.5, 0.6) is 0 Å². The van der Waals surface area contributed by atoms with Gasteiger partial charge in [-0.15, -0.1) is 12.4 Å². The summed E-state index contributed by atoms with van der Waals surface area (Å²) < 4.78 is 5.14. The summed E-state index contributed by atoms with van der Waals surface area (Å²) in [5, 5.41) is 5.97. The van der Waals surface area contributed by atoms with Gasteiger partial charge in [0.05, 0.1) is 23.1 Å². The molecule has 6 nitrogen and oxygen atoms in total. The van der Waals surface area contributed by atoms with Crippen molar-refractivity contribution in [2.45, 2.75) is 25.8 Å². The molecule has 8 heteroatoms. The second-order valence-corrected chi connectivity index (χ2v) is 6.68. The third kappa shape index (κ3) is 4.78. The van der Waals surface area contributed by atoms with E-state index in [-0.39, 0.29) is 30.3 Å². The monoisotopic (exact) mass is 397 g/mol. The van der Waals surface area contributed by atoms with E-state index < -0.39 is 0 Å². The minimum atomic E-state index is -0.364. The first-order valence-electron chi connectivity index (χ1n) is 8.14. The van der Waals surface area contributed by atoms with E-state index in [1.165, 1.54) is 6.26 Å². The predicted molar refractivity (Wildman–Crippen MR) is 103 cm³/mol. The Bertz CT molecular complexity index is 803. The van der Waals surface area contributed by atoms with Crippen LogP contribution >= 0.6 is 24.0 Å². The van der Waals surface area contributed by atoms with Gasteiger partial charge >= 0.3 is 0 Å². The maximum Gasteiger partial charge on any atom is 0.259 e. The van der Waals surface area contributed by atoms with Gasteiger partial charge in [-0.2, -0.15) is 0 Å². The number of nitrogens with two attached hydrogens (primary N) is 1. The van der Waals surface area contributed by atoms with Crippen LogP contribution in [0.25, 0.3) is 0 Å². The SMILES string of the molecule is Cc1occc1C(=O)Nc1cc(Cl)ccc1C(=O)NCC(N)C1CC1.Cl. The first kappa shape index (κ1) is 20.3. The first-order valence-corrected chi connectivity index (χ1v) is 8.52. The number of furan rings is 1. The Labute approximate surface area is 162 Å². The summed E-state index contributed by atoms with van der Waals surface area (Å²) in [5.74, 6) is 0.332. The van der Waals surface area contributed by atoms with E-state index in [2.05, 4.69) is 10.6 Å². The zero-order valence-electron chi connectivity index (χ0n) is 14.3. The average Bonchev–Trinajstić information content (AvgIpc) is 3.34. The second kappa shape index (κ2) is 8.58. The van der Waals surface area contributed by atoms with E-state index in [1.807, 2.05) is 0 Å². The molecule has 1 aliphatic rings. The van der Waals surface area contributed by atoms with Crippen molar-refractivity contribution in [2.24, 2.45) is 11.7 Å². The van der Waals surface area contributed by atoms with E-state index in [4.69, 9.17) is 21.8 Å². The van der Waals surface area contributed by atoms with Gasteiger partial charge in [0.15, 0.2) is 0 Å². The molecule has 0 radical (unpaired) electrons. The number of hydrogen-bond acceptors (Lipinski definition) is 4. The molecule has 0 aliphatic heterocycles. The molecule has 1 aromatic heterocycles. The van der Waals surface area contributed by atoms with Crippen molar-refractivity contribution < 1.29 is 14.0 Å². The standard InChI is InChI=1S/C18H20ClN3O3.ClH/c1-10-13(6-7-25-10)18(24)22-16-8-12(19)4-5-14(16)17(23)21-9-15(20)11-2-3-11;/h4-8,11,15H,2-3,9,20H2,1H3,(H,21,23)(H,22,24);1H. The maximum absolute atomic E-state index is 12.5. The molecule has 0 saturated heterocycles. The number of amides is 2. The van der Waals surface area contributed by atoms with E-state index in [1.54, 1.807) is 31.2 Å². The lowest BCUT2D eigenvalue weighted by atomic mass is 10.1. The molecule has 1 saturated carbocycles. The fraction of sp³-hybridized carbons (Fsp3) is 0.333. The number of aryl methyl sites for hydroxylation is 1. The molecule has 4 N–H and O–H groups in total. The number of hydrogen-bond donors (Lipinski definition) is 3. The number of carbonyl (C=O) groups excluding carboxylic acids is 2. The van der Waals surface area contributed by atoms with Gasteiger partial charge in [0.1, 0.15) is 5.76 Å². The highest BCUT2D eigenvalue weighted by atomic mass is 35.5. The molecule has 140 valence electrons. The van der Waals surface area contributed by atoms with Gasteiger partial charge in [0.25, 0.3) is 11.8 Å². The number of anilines is 1. The minimum Gasteiger partial charge on any atom is -0.469 e. The second-order valence-electron chi connectivity index (χ2n) is 6.25. The van der Waals surface area contributed by atoms with Gasteiger partial charge in [-0.1, -0.05) is 11.6 Å². The Morgan fingerprint density at radius 2 is 2.00 bits per heavy atom. The molecule has 2 aromatic rings. The Balaban J connectivity index is 0.00000243. The first-order chi connectivity index (χ1) is 12.0. The molecule has 1 fully saturated rings. The van der Waals surface area contributed by atoms with Gasteiger partial charge in [-0.05, 0) is 49.9 Å². The number of benzene rings is 1. The third-order valence-corrected chi connectivity index (χ3v) is 4.54. The normalized spacial score (nSPS) is 14.3. The molecular weight excluding hydrogens is 377 g/mol. The molecule has 1 aromatic carbocycles. The summed E-state index contributed by atoms with van der Waals surface area (Å²) in [6.45, 7) is 2.10. The van der Waals surface area contributed by atoms with Crippen molar-refractivity contribution in [2.75, 3.05) is 11.9 Å². The summed E-state index contributed by atoms with van der Waals surface area (Å²) in [5.41, 5.74) is 7.10. The van der Waals surface area contributed by atoms with E-state index in [0.29, 0.717) is 40.1 Å². The summed E-state index contributed by atoms with van der Waals surface area (Å²) in [7, 11) is 0. The van der Waals surface area contributed by atoms with Crippen LogP contribution in [0.15, 0.2) is 34.9 Å². The van der Waals surface area contributed by atoms with E-state index in [0.717, 1.165) is 12.8 Å². The highest BCUT2D eigenvalue weighted by Gasteiger charge is 2.28. The number of rotatable bonds is 6. The zero-order chi connectivity index (χ0) is 18.0. The fourth-order valence-corrected chi connectivity index (χ4v) is 2.80. The molecular formula is C18H21Cl2N3O3. The largest absolute Gasteiger partial charge is 0.469 e. The van der Waals surface area contributed by atoms with Crippen molar-refractivity contribution in [1.82, 2.24) is 5.32 Å². The zero-order valence-corrected chi connectivity index (χ0v) is 15.8. The van der Waals surface area contributed by atoms with Crippen LogP contribution in [-0.4, -0.2) is 24.4 Å². The van der Waals surface area contributed by atoms with Gasteiger partial charge in [0.2, 0.25) is 0 Å². The Morgan fingerprint density at radius 3 is 2.62 bits per heavy atom. The summed E-state index contributed by atoms with van der Waals surface area (Å²) >= 11 is 6.02. The molecule has 3 rings (SSSR count). The van der Waals surface area contributed by atoms with Crippen molar-refractivity contribution in [3.63, 3.8) is 0 Å². The lowest BCUT2D eigenvalue weighted by molar-refractivity contribution is 0.0951. The smallest absolute Gasteiger partial charge is 0.259 e. The lowest BCUT2D eigenvalue weighted by Crippen LogP contribution is -2.38. The highest BCUT2D eigenvalue weighted by Crippen LogP contribution is 2.31. The van der Waals surface area contributed by atoms with Crippen molar-refractivity contribution in [3.8, 4) is 0 Å². The van der Waals surface area contributed by atoms with Crippen LogP contribution in [-0.2, 0) is 0 Å². The number of nitrogens with one attached hydrogen (secondary N) is 2. The van der Waals surface area contributed by atoms with Crippen LogP contribution in [0.4, 0.5) is 5.69 Å². The molecule has 1 atom stereocenters. The van der Waals surface area contributed by atoms with Crippen LogP contribution in [0.2, 0.25) is 5.02 Å². The molecule has 0 spiro atoms. The summed E-state index contributed by atoms with van der Waals surface area (Å²) in [6, 6.07) is 6.27. The molecule has 1 unspecified atom stereocenters. The van der Waals surface area contributed by atoms with Gasteiger partial charge < -0.3 is 20.8 Å². The predicted octanol–water partition coefficient (Wildman–Crippen LogP) is 3.38. The lowest BCUT2D eigenvalue weighted by Gasteiger charge is -2.14. The van der Waals surface area contributed by atoms with Gasteiger partial charge in [-0.3, -0.25) is 9.59 Å². The maximum atomic E-state index is 12.5. The van der Waals surface area contributed by atoms with Crippen molar-refractivity contribution >= 4 is 41.5 Å². The van der Waals surface area contributed by atoms with Crippen LogP contribution in [0.1, 0.15) is 39.3 Å². The molecule has 2 amide bonds. The molecule has 1 aliphatic carbocycles. The fourth-order valence-electron chi connectivity index (χ4n) is 2.62. The Kier molecular flexibility index (Phi) is 6.69. The molecule has 1 heterocycles. The quantitative estimate of drug-likeness (QED) is 0.695. The highest BCUT2D eigenvalue weighted by molar-refractivity contribution is 6.31. The summed E-state index contributed by atoms with van der Waals surface area (Å²) in [6.07, 6.45) is 3.67. The molecule has 26 heavy (non-hydrogen) atoms. The Morgan fingerprint density at radius 1 is 1.27 bits per heavy atom. The third-order valence-electron chi connectivity index (χ3n) is 4.30. The van der Waals surface area contributed by atoms with E-state index in [9.17, 15) is 9.59 Å². The number of halogens is 2. The van der Waals surface area contributed by atoms with Crippen molar-refractivity contribution in [1.29, 1.82) is 0 Å². The molecule has 0 bridgehead atoms. The minimum absolute atomic E-state index is 0. The average molecular weight is 398 g/mol. The van der Waals surface area contributed by atoms with Crippen molar-refractivity contribution in [3.05, 3.63) is 52.4 Å². The Hall–Kier alpha value is -2.02. The van der Waals surface area contributed by atoms with Gasteiger partial charge in [0, 0.05) is 17.6 Å². The number of carbonyl (C=O) groups is 2. The van der Waals surface area contributed by atoms with E-state index >= 15 is 0 Å². The van der Waals surface area contributed by atoms with Gasteiger partial charge in [-0.25, -0.2) is 0 Å². The van der Waals surface area contributed by atoms with Crippen LogP contribution in [0.3, 0.4) is 0 Å². The summed E-state index contributed by atoms with van der Waals surface area (Å²) in [4.78, 5) is 24.9. The van der Waals surface area contributed by atoms with Crippen LogP contribution < -0.4 is 16.4 Å². The topological polar surface area (TPSA) is 97.4 Å².